The Balaban J connectivity index is 2.27. The van der Waals surface area contributed by atoms with E-state index < -0.39 is 0 Å². The molecule has 2 aromatic rings. The van der Waals surface area contributed by atoms with Crippen LogP contribution in [-0.4, -0.2) is 32.3 Å². The molecule has 0 aliphatic carbocycles. The highest BCUT2D eigenvalue weighted by molar-refractivity contribution is 5.88. The van der Waals surface area contributed by atoms with Gasteiger partial charge in [0.05, 0.1) is 18.4 Å². The Labute approximate surface area is 98.3 Å². The van der Waals surface area contributed by atoms with Crippen molar-refractivity contribution in [1.29, 1.82) is 0 Å². The van der Waals surface area contributed by atoms with E-state index in [-0.39, 0.29) is 5.97 Å². The van der Waals surface area contributed by atoms with Gasteiger partial charge in [-0.3, -0.25) is 0 Å². The molecule has 0 spiro atoms. The fourth-order valence-corrected chi connectivity index (χ4v) is 1.33. The lowest BCUT2D eigenvalue weighted by Gasteiger charge is -2.00. The number of aryl methyl sites for hydroxylation is 1. The van der Waals surface area contributed by atoms with Crippen molar-refractivity contribution in [3.8, 4) is 5.82 Å². The maximum atomic E-state index is 11.4. The third-order valence-electron chi connectivity index (χ3n) is 2.12. The second-order valence-electron chi connectivity index (χ2n) is 3.41. The lowest BCUT2D eigenvalue weighted by atomic mass is 10.4. The van der Waals surface area contributed by atoms with Gasteiger partial charge in [0.15, 0.2) is 5.82 Å². The van der Waals surface area contributed by atoms with Gasteiger partial charge in [0.1, 0.15) is 6.33 Å². The molecule has 0 unspecified atom stereocenters. The van der Waals surface area contributed by atoms with E-state index in [1.54, 1.807) is 19.2 Å². The number of hydrogen-bond acceptors (Lipinski definition) is 5. The zero-order valence-corrected chi connectivity index (χ0v) is 9.62. The van der Waals surface area contributed by atoms with Crippen LogP contribution in [0, 0.1) is 6.92 Å². The van der Waals surface area contributed by atoms with Crippen molar-refractivity contribution in [2.45, 2.75) is 13.8 Å². The highest BCUT2D eigenvalue weighted by atomic mass is 16.5. The lowest BCUT2D eigenvalue weighted by molar-refractivity contribution is 0.0526. The zero-order valence-electron chi connectivity index (χ0n) is 9.62. The summed E-state index contributed by atoms with van der Waals surface area (Å²) in [5, 5.41) is 4.06. The summed E-state index contributed by atoms with van der Waals surface area (Å²) in [5.41, 5.74) is 1.24. The van der Waals surface area contributed by atoms with Gasteiger partial charge in [-0.15, -0.1) is 0 Å². The van der Waals surface area contributed by atoms with Crippen molar-refractivity contribution in [1.82, 2.24) is 19.7 Å². The largest absolute Gasteiger partial charge is 0.462 e. The summed E-state index contributed by atoms with van der Waals surface area (Å²) in [6.07, 6.45) is 4.49. The number of carbonyl (C=O) groups excluding carboxylic acids is 1. The highest BCUT2D eigenvalue weighted by Crippen LogP contribution is 2.07. The molecule has 17 heavy (non-hydrogen) atoms. The molecule has 2 rings (SSSR count). The zero-order chi connectivity index (χ0) is 12.3. The van der Waals surface area contributed by atoms with Crippen LogP contribution in [0.1, 0.15) is 23.0 Å². The number of esters is 1. The molecule has 0 aliphatic heterocycles. The summed E-state index contributed by atoms with van der Waals surface area (Å²) in [6, 6.07) is 1.78. The van der Waals surface area contributed by atoms with E-state index in [0.717, 1.165) is 5.69 Å². The van der Waals surface area contributed by atoms with E-state index in [1.807, 2.05) is 6.92 Å². The Bertz CT molecular complexity index is 536. The molecule has 0 atom stereocenters. The minimum absolute atomic E-state index is 0.344. The highest BCUT2D eigenvalue weighted by Gasteiger charge is 2.10. The first kappa shape index (κ1) is 11.3. The average molecular weight is 232 g/mol. The molecule has 6 heteroatoms. The van der Waals surface area contributed by atoms with Crippen LogP contribution in [0.3, 0.4) is 0 Å². The van der Waals surface area contributed by atoms with Gasteiger partial charge < -0.3 is 4.74 Å². The number of nitrogens with zero attached hydrogens (tertiary/aromatic N) is 4. The molecule has 2 heterocycles. The normalized spacial score (nSPS) is 10.2. The van der Waals surface area contributed by atoms with Crippen LogP contribution in [0.2, 0.25) is 0 Å². The van der Waals surface area contributed by atoms with Crippen molar-refractivity contribution in [2.24, 2.45) is 0 Å². The number of carbonyl (C=O) groups is 1. The standard InChI is InChI=1S/C11H12N4O2/c1-3-17-11(16)9-5-14-15(6-9)10-4-8(2)12-7-13-10/h4-7H,3H2,1-2H3. The number of rotatable bonds is 3. The summed E-state index contributed by atoms with van der Waals surface area (Å²) in [4.78, 5) is 19.5. The van der Waals surface area contributed by atoms with Gasteiger partial charge in [0.25, 0.3) is 0 Å². The fraction of sp³-hybridized carbons (Fsp3) is 0.273. The Morgan fingerprint density at radius 2 is 2.29 bits per heavy atom. The molecule has 0 radical (unpaired) electrons. The molecular weight excluding hydrogens is 220 g/mol. The first-order chi connectivity index (χ1) is 8.20. The minimum Gasteiger partial charge on any atom is -0.462 e. The Hall–Kier alpha value is -2.24. The van der Waals surface area contributed by atoms with E-state index >= 15 is 0 Å². The van der Waals surface area contributed by atoms with Crippen molar-refractivity contribution in [2.75, 3.05) is 6.61 Å². The van der Waals surface area contributed by atoms with Gasteiger partial charge >= 0.3 is 5.97 Å². The smallest absolute Gasteiger partial charge is 0.341 e. The molecule has 6 nitrogen and oxygen atoms in total. The quantitative estimate of drug-likeness (QED) is 0.742. The fourth-order valence-electron chi connectivity index (χ4n) is 1.33. The van der Waals surface area contributed by atoms with Crippen LogP contribution in [0.15, 0.2) is 24.8 Å². The molecule has 0 saturated carbocycles. The average Bonchev–Trinajstić information content (AvgIpc) is 2.78. The van der Waals surface area contributed by atoms with Gasteiger partial charge in [-0.1, -0.05) is 0 Å². The van der Waals surface area contributed by atoms with Gasteiger partial charge in [-0.2, -0.15) is 5.10 Å². The van der Waals surface area contributed by atoms with Crippen molar-refractivity contribution >= 4 is 5.97 Å². The summed E-state index contributed by atoms with van der Waals surface area (Å²) in [5.74, 6) is 0.234. The number of hydrogen-bond donors (Lipinski definition) is 0. The Morgan fingerprint density at radius 1 is 1.47 bits per heavy atom. The van der Waals surface area contributed by atoms with Gasteiger partial charge in [0.2, 0.25) is 0 Å². The maximum absolute atomic E-state index is 11.4. The van der Waals surface area contributed by atoms with Crippen molar-refractivity contribution in [3.63, 3.8) is 0 Å². The van der Waals surface area contributed by atoms with E-state index in [2.05, 4.69) is 15.1 Å². The second kappa shape index (κ2) is 4.73. The third-order valence-corrected chi connectivity index (χ3v) is 2.12. The van der Waals surface area contributed by atoms with Crippen LogP contribution in [0.4, 0.5) is 0 Å². The van der Waals surface area contributed by atoms with Gasteiger partial charge in [0, 0.05) is 18.0 Å². The van der Waals surface area contributed by atoms with Crippen molar-refractivity contribution < 1.29 is 9.53 Å². The summed E-state index contributed by atoms with van der Waals surface area (Å²) >= 11 is 0. The molecule has 0 aromatic carbocycles. The summed E-state index contributed by atoms with van der Waals surface area (Å²) in [7, 11) is 0. The monoisotopic (exact) mass is 232 g/mol. The Kier molecular flexibility index (Phi) is 3.13. The number of ether oxygens (including phenoxy) is 1. The van der Waals surface area contributed by atoms with Crippen LogP contribution in [0.25, 0.3) is 5.82 Å². The van der Waals surface area contributed by atoms with Gasteiger partial charge in [-0.05, 0) is 13.8 Å². The first-order valence-electron chi connectivity index (χ1n) is 5.21. The Morgan fingerprint density at radius 3 is 3.00 bits per heavy atom. The number of aromatic nitrogens is 4. The van der Waals surface area contributed by atoms with Crippen LogP contribution < -0.4 is 0 Å². The third kappa shape index (κ3) is 2.47. The predicted molar refractivity (Wildman–Crippen MR) is 59.8 cm³/mol. The van der Waals surface area contributed by atoms with E-state index in [1.165, 1.54) is 17.2 Å². The van der Waals surface area contributed by atoms with Crippen molar-refractivity contribution in [3.05, 3.63) is 36.0 Å². The molecule has 0 amide bonds. The van der Waals surface area contributed by atoms with E-state index in [9.17, 15) is 4.79 Å². The first-order valence-corrected chi connectivity index (χ1v) is 5.21. The maximum Gasteiger partial charge on any atom is 0.341 e. The minimum atomic E-state index is -0.385. The second-order valence-corrected chi connectivity index (χ2v) is 3.41. The van der Waals surface area contributed by atoms with E-state index in [0.29, 0.717) is 18.0 Å². The molecule has 2 aromatic heterocycles. The predicted octanol–water partition coefficient (Wildman–Crippen LogP) is 1.15. The van der Waals surface area contributed by atoms with Crippen LogP contribution in [-0.2, 0) is 4.74 Å². The SMILES string of the molecule is CCOC(=O)c1cnn(-c2cc(C)ncn2)c1. The molecular formula is C11H12N4O2. The molecule has 0 fully saturated rings. The molecule has 0 N–H and O–H groups in total. The van der Waals surface area contributed by atoms with Crippen LogP contribution >= 0.6 is 0 Å². The molecule has 0 bridgehead atoms. The van der Waals surface area contributed by atoms with Crippen LogP contribution in [0.5, 0.6) is 0 Å². The van der Waals surface area contributed by atoms with E-state index in [4.69, 9.17) is 4.74 Å². The lowest BCUT2D eigenvalue weighted by Crippen LogP contribution is -2.03. The molecule has 88 valence electrons. The summed E-state index contributed by atoms with van der Waals surface area (Å²) in [6.45, 7) is 3.97. The molecule has 0 saturated heterocycles. The molecule has 0 aliphatic rings. The summed E-state index contributed by atoms with van der Waals surface area (Å²) < 4.78 is 6.39. The topological polar surface area (TPSA) is 69.9 Å². The van der Waals surface area contributed by atoms with Gasteiger partial charge in [-0.25, -0.2) is 19.4 Å².